The van der Waals surface area contributed by atoms with E-state index in [1.165, 1.54) is 0 Å². The molecule has 1 N–H and O–H groups in total. The van der Waals surface area contributed by atoms with E-state index in [2.05, 4.69) is 11.9 Å². The van der Waals surface area contributed by atoms with Gasteiger partial charge in [-0.3, -0.25) is 0 Å². The highest BCUT2D eigenvalue weighted by molar-refractivity contribution is 7.99. The summed E-state index contributed by atoms with van der Waals surface area (Å²) in [6.07, 6.45) is 1.69. The lowest BCUT2D eigenvalue weighted by atomic mass is 10.5. The number of thioether (sulfide) groups is 1. The average molecular weight is 186 g/mol. The lowest BCUT2D eigenvalue weighted by molar-refractivity contribution is 0.204. The molecule has 0 aliphatic carbocycles. The number of nitrogens with zero attached hydrogens (tertiary/aromatic N) is 1. The Morgan fingerprint density at radius 3 is 2.83 bits per heavy atom. The van der Waals surface area contributed by atoms with Crippen molar-refractivity contribution in [3.05, 3.63) is 12.7 Å². The van der Waals surface area contributed by atoms with Crippen molar-refractivity contribution < 1.29 is 4.79 Å². The summed E-state index contributed by atoms with van der Waals surface area (Å²) in [5, 5.41) is 2.76. The lowest BCUT2D eigenvalue weighted by Crippen LogP contribution is -2.44. The maximum atomic E-state index is 11.3. The molecule has 0 aromatic heterocycles. The molecule has 0 aromatic carbocycles. The van der Waals surface area contributed by atoms with Crippen LogP contribution in [0, 0.1) is 0 Å². The number of rotatable bonds is 2. The Bertz CT molecular complexity index is 166. The van der Waals surface area contributed by atoms with Crippen LogP contribution in [0.3, 0.4) is 0 Å². The average Bonchev–Trinajstić information content (AvgIpc) is 2.15. The minimum atomic E-state index is 0.0372. The molecule has 0 aromatic rings. The SMILES string of the molecule is C=CCNC(=O)N1CCSCC1. The van der Waals surface area contributed by atoms with Gasteiger partial charge in [0.15, 0.2) is 0 Å². The Kier molecular flexibility index (Phi) is 4.00. The first-order chi connectivity index (χ1) is 5.84. The second-order valence-electron chi connectivity index (χ2n) is 2.57. The Morgan fingerprint density at radius 1 is 1.58 bits per heavy atom. The topological polar surface area (TPSA) is 32.3 Å². The van der Waals surface area contributed by atoms with E-state index < -0.39 is 0 Å². The van der Waals surface area contributed by atoms with Crippen molar-refractivity contribution in [2.45, 2.75) is 0 Å². The van der Waals surface area contributed by atoms with Gasteiger partial charge >= 0.3 is 6.03 Å². The first-order valence-electron chi connectivity index (χ1n) is 4.06. The zero-order valence-corrected chi connectivity index (χ0v) is 7.90. The number of urea groups is 1. The van der Waals surface area contributed by atoms with Gasteiger partial charge in [-0.1, -0.05) is 6.08 Å². The standard InChI is InChI=1S/C8H14N2OS/c1-2-3-9-8(11)10-4-6-12-7-5-10/h2H,1,3-7H2,(H,9,11). The number of hydrogen-bond donors (Lipinski definition) is 1. The van der Waals surface area contributed by atoms with Crippen LogP contribution in [0.5, 0.6) is 0 Å². The van der Waals surface area contributed by atoms with Crippen molar-refractivity contribution in [1.82, 2.24) is 10.2 Å². The van der Waals surface area contributed by atoms with Crippen molar-refractivity contribution in [2.24, 2.45) is 0 Å². The lowest BCUT2D eigenvalue weighted by Gasteiger charge is -2.26. The molecule has 0 radical (unpaired) electrons. The molecule has 3 nitrogen and oxygen atoms in total. The summed E-state index contributed by atoms with van der Waals surface area (Å²) >= 11 is 1.90. The Labute approximate surface area is 77.2 Å². The zero-order valence-electron chi connectivity index (χ0n) is 7.08. The first-order valence-corrected chi connectivity index (χ1v) is 5.21. The second-order valence-corrected chi connectivity index (χ2v) is 3.80. The molecule has 1 aliphatic rings. The first kappa shape index (κ1) is 9.45. The minimum absolute atomic E-state index is 0.0372. The van der Waals surface area contributed by atoms with Gasteiger partial charge in [0.1, 0.15) is 0 Å². The predicted octanol–water partition coefficient (Wildman–Crippen LogP) is 0.931. The molecule has 0 saturated carbocycles. The van der Waals surface area contributed by atoms with Gasteiger partial charge in [0.2, 0.25) is 0 Å². The van der Waals surface area contributed by atoms with E-state index in [0.717, 1.165) is 24.6 Å². The molecule has 0 spiro atoms. The smallest absolute Gasteiger partial charge is 0.317 e. The molecule has 0 unspecified atom stereocenters. The summed E-state index contributed by atoms with van der Waals surface area (Å²) in [4.78, 5) is 13.2. The fraction of sp³-hybridized carbons (Fsp3) is 0.625. The molecule has 12 heavy (non-hydrogen) atoms. The molecule has 2 amide bonds. The van der Waals surface area contributed by atoms with Gasteiger partial charge < -0.3 is 10.2 Å². The number of nitrogens with one attached hydrogen (secondary N) is 1. The van der Waals surface area contributed by atoms with Gasteiger partial charge in [0.05, 0.1) is 0 Å². The molecule has 1 saturated heterocycles. The fourth-order valence-electron chi connectivity index (χ4n) is 1.04. The molecule has 1 fully saturated rings. The van der Waals surface area contributed by atoms with Crippen LogP contribution in [-0.4, -0.2) is 42.1 Å². The zero-order chi connectivity index (χ0) is 8.81. The van der Waals surface area contributed by atoms with E-state index in [0.29, 0.717) is 6.54 Å². The molecule has 68 valence electrons. The van der Waals surface area contributed by atoms with Crippen LogP contribution in [-0.2, 0) is 0 Å². The normalized spacial score (nSPS) is 17.2. The van der Waals surface area contributed by atoms with Crippen LogP contribution in [0.4, 0.5) is 4.79 Å². The summed E-state index contributed by atoms with van der Waals surface area (Å²) < 4.78 is 0. The maximum Gasteiger partial charge on any atom is 0.317 e. The highest BCUT2D eigenvalue weighted by Crippen LogP contribution is 2.08. The van der Waals surface area contributed by atoms with Crippen LogP contribution in [0.15, 0.2) is 12.7 Å². The fourth-order valence-corrected chi connectivity index (χ4v) is 1.94. The molecule has 4 heteroatoms. The Hall–Kier alpha value is -0.640. The van der Waals surface area contributed by atoms with Gasteiger partial charge in [-0.05, 0) is 0 Å². The van der Waals surface area contributed by atoms with E-state index in [9.17, 15) is 4.79 Å². The van der Waals surface area contributed by atoms with Crippen molar-refractivity contribution in [1.29, 1.82) is 0 Å². The van der Waals surface area contributed by atoms with Crippen LogP contribution in [0.1, 0.15) is 0 Å². The van der Waals surface area contributed by atoms with Crippen LogP contribution in [0.25, 0.3) is 0 Å². The maximum absolute atomic E-state index is 11.3. The van der Waals surface area contributed by atoms with Gasteiger partial charge in [-0.15, -0.1) is 6.58 Å². The Balaban J connectivity index is 2.24. The van der Waals surface area contributed by atoms with E-state index in [4.69, 9.17) is 0 Å². The molecular weight excluding hydrogens is 172 g/mol. The summed E-state index contributed by atoms with van der Waals surface area (Å²) in [5.41, 5.74) is 0. The Morgan fingerprint density at radius 2 is 2.25 bits per heavy atom. The molecular formula is C8H14N2OS. The van der Waals surface area contributed by atoms with Gasteiger partial charge in [-0.2, -0.15) is 11.8 Å². The quantitative estimate of drug-likeness (QED) is 0.651. The number of hydrogen-bond acceptors (Lipinski definition) is 2. The van der Waals surface area contributed by atoms with E-state index in [1.807, 2.05) is 16.7 Å². The van der Waals surface area contributed by atoms with Gasteiger partial charge in [-0.25, -0.2) is 4.79 Å². The third-order valence-corrected chi connectivity index (χ3v) is 2.64. The van der Waals surface area contributed by atoms with E-state index in [-0.39, 0.29) is 6.03 Å². The summed E-state index contributed by atoms with van der Waals surface area (Å²) in [7, 11) is 0. The summed E-state index contributed by atoms with van der Waals surface area (Å²) in [6.45, 7) is 5.84. The van der Waals surface area contributed by atoms with Crippen LogP contribution < -0.4 is 5.32 Å². The largest absolute Gasteiger partial charge is 0.335 e. The predicted molar refractivity (Wildman–Crippen MR) is 52.5 cm³/mol. The van der Waals surface area contributed by atoms with Crippen molar-refractivity contribution in [3.8, 4) is 0 Å². The molecule has 1 rings (SSSR count). The van der Waals surface area contributed by atoms with E-state index >= 15 is 0 Å². The molecule has 0 atom stereocenters. The van der Waals surface area contributed by atoms with Crippen molar-refractivity contribution in [3.63, 3.8) is 0 Å². The number of carbonyl (C=O) groups is 1. The van der Waals surface area contributed by atoms with Crippen LogP contribution in [0.2, 0.25) is 0 Å². The van der Waals surface area contributed by atoms with Crippen molar-refractivity contribution in [2.75, 3.05) is 31.1 Å². The highest BCUT2D eigenvalue weighted by atomic mass is 32.2. The van der Waals surface area contributed by atoms with Gasteiger partial charge in [0, 0.05) is 31.1 Å². The summed E-state index contributed by atoms with van der Waals surface area (Å²) in [6, 6.07) is 0.0372. The molecule has 0 bridgehead atoms. The molecule has 1 heterocycles. The third kappa shape index (κ3) is 2.77. The van der Waals surface area contributed by atoms with Crippen LogP contribution >= 0.6 is 11.8 Å². The number of carbonyl (C=O) groups excluding carboxylic acids is 1. The van der Waals surface area contributed by atoms with Gasteiger partial charge in [0.25, 0.3) is 0 Å². The highest BCUT2D eigenvalue weighted by Gasteiger charge is 2.14. The minimum Gasteiger partial charge on any atom is -0.335 e. The monoisotopic (exact) mass is 186 g/mol. The second kappa shape index (κ2) is 5.09. The van der Waals surface area contributed by atoms with E-state index in [1.54, 1.807) is 6.08 Å². The van der Waals surface area contributed by atoms with Crippen molar-refractivity contribution >= 4 is 17.8 Å². The third-order valence-electron chi connectivity index (χ3n) is 1.70. The number of amides is 2. The summed E-state index contributed by atoms with van der Waals surface area (Å²) in [5.74, 6) is 2.11. The molecule has 1 aliphatic heterocycles.